The summed E-state index contributed by atoms with van der Waals surface area (Å²) in [6.07, 6.45) is 2.87. The molecule has 2 unspecified atom stereocenters. The van der Waals surface area contributed by atoms with Gasteiger partial charge in [-0.05, 0) is 6.92 Å². The number of hydrogen-bond acceptors (Lipinski definition) is 5. The zero-order valence-corrected chi connectivity index (χ0v) is 10.5. The zero-order valence-electron chi connectivity index (χ0n) is 9.73. The monoisotopic (exact) mass is 242 g/mol. The summed E-state index contributed by atoms with van der Waals surface area (Å²) >= 11 is 1.67. The topological polar surface area (TPSA) is 43.4 Å². The first-order valence-electron chi connectivity index (χ1n) is 5.50. The van der Waals surface area contributed by atoms with Crippen LogP contribution in [-0.4, -0.2) is 37.5 Å². The molecule has 0 spiro atoms. The smallest absolute Gasteiger partial charge is 0.106 e. The lowest BCUT2D eigenvalue weighted by Crippen LogP contribution is -2.43. The quantitative estimate of drug-likeness (QED) is 0.851. The molecule has 2 rings (SSSR count). The average molecular weight is 242 g/mol. The van der Waals surface area contributed by atoms with E-state index >= 15 is 0 Å². The Kier molecular flexibility index (Phi) is 3.91. The van der Waals surface area contributed by atoms with E-state index in [2.05, 4.69) is 17.2 Å². The molecule has 0 radical (unpaired) electrons. The summed E-state index contributed by atoms with van der Waals surface area (Å²) in [7, 11) is 1.76. The second-order valence-electron chi connectivity index (χ2n) is 4.20. The maximum atomic E-state index is 5.57. The maximum Gasteiger partial charge on any atom is 0.106 e. The van der Waals surface area contributed by atoms with Crippen molar-refractivity contribution in [2.75, 3.05) is 26.9 Å². The van der Waals surface area contributed by atoms with Crippen LogP contribution in [0.2, 0.25) is 0 Å². The molecule has 90 valence electrons. The third kappa shape index (κ3) is 2.60. The lowest BCUT2D eigenvalue weighted by molar-refractivity contribution is -0.0171. The summed E-state index contributed by atoms with van der Waals surface area (Å²) in [5.74, 6) is 0. The van der Waals surface area contributed by atoms with Crippen LogP contribution in [0.25, 0.3) is 0 Å². The number of rotatable bonds is 5. The van der Waals surface area contributed by atoms with Crippen LogP contribution in [0.5, 0.6) is 0 Å². The largest absolute Gasteiger partial charge is 0.378 e. The van der Waals surface area contributed by atoms with E-state index < -0.39 is 0 Å². The molecule has 0 amide bonds. The minimum Gasteiger partial charge on any atom is -0.378 e. The Morgan fingerprint density at radius 1 is 1.75 bits per heavy atom. The van der Waals surface area contributed by atoms with E-state index in [4.69, 9.17) is 9.47 Å². The molecule has 4 nitrogen and oxygen atoms in total. The van der Waals surface area contributed by atoms with Crippen molar-refractivity contribution in [1.82, 2.24) is 10.3 Å². The summed E-state index contributed by atoms with van der Waals surface area (Å²) in [6.45, 7) is 4.45. The van der Waals surface area contributed by atoms with E-state index in [1.54, 1.807) is 18.4 Å². The van der Waals surface area contributed by atoms with Gasteiger partial charge in [-0.1, -0.05) is 0 Å². The van der Waals surface area contributed by atoms with Crippen molar-refractivity contribution in [1.29, 1.82) is 0 Å². The molecule has 1 N–H and O–H groups in total. The predicted octanol–water partition coefficient (Wildman–Crippen LogP) is 1.60. The number of nitrogens with one attached hydrogen (secondary N) is 1. The molecule has 1 saturated heterocycles. The normalized spacial score (nSPS) is 27.1. The van der Waals surface area contributed by atoms with Crippen LogP contribution in [0.1, 0.15) is 24.3 Å². The molecule has 5 heteroatoms. The molecule has 0 aromatic carbocycles. The molecule has 0 aliphatic carbocycles. The van der Waals surface area contributed by atoms with Gasteiger partial charge in [0.2, 0.25) is 0 Å². The van der Waals surface area contributed by atoms with Gasteiger partial charge in [0.25, 0.3) is 0 Å². The van der Waals surface area contributed by atoms with E-state index in [0.29, 0.717) is 12.6 Å². The van der Waals surface area contributed by atoms with Gasteiger partial charge in [0.15, 0.2) is 0 Å². The summed E-state index contributed by atoms with van der Waals surface area (Å²) in [6, 6.07) is 0.320. The minimum atomic E-state index is -0.140. The number of nitrogens with zero attached hydrogens (tertiary/aromatic N) is 1. The number of methoxy groups -OCH3 is 1. The molecular weight excluding hydrogens is 224 g/mol. The van der Waals surface area contributed by atoms with Gasteiger partial charge in [-0.15, -0.1) is 11.3 Å². The fraction of sp³-hybridized carbons (Fsp3) is 0.727. The van der Waals surface area contributed by atoms with Gasteiger partial charge in [-0.3, -0.25) is 4.98 Å². The highest BCUT2D eigenvalue weighted by atomic mass is 32.1. The van der Waals surface area contributed by atoms with Crippen molar-refractivity contribution in [3.8, 4) is 0 Å². The SMILES string of the molecule is COC1(CNC(C)c2cncs2)CCOC1. The Labute approximate surface area is 100.0 Å². The van der Waals surface area contributed by atoms with Crippen LogP contribution in [0, 0.1) is 0 Å². The molecule has 2 heterocycles. The van der Waals surface area contributed by atoms with Crippen molar-refractivity contribution in [3.63, 3.8) is 0 Å². The van der Waals surface area contributed by atoms with E-state index in [1.807, 2.05) is 11.7 Å². The number of ether oxygens (including phenoxy) is 2. The van der Waals surface area contributed by atoms with Gasteiger partial charge in [0.1, 0.15) is 5.60 Å². The van der Waals surface area contributed by atoms with Crippen LogP contribution in [0.15, 0.2) is 11.7 Å². The van der Waals surface area contributed by atoms with Crippen molar-refractivity contribution in [2.24, 2.45) is 0 Å². The Balaban J connectivity index is 1.86. The lowest BCUT2D eigenvalue weighted by Gasteiger charge is -2.27. The third-order valence-corrected chi connectivity index (χ3v) is 4.07. The molecule has 1 aromatic rings. The van der Waals surface area contributed by atoms with Crippen molar-refractivity contribution >= 4 is 11.3 Å². The van der Waals surface area contributed by atoms with E-state index in [9.17, 15) is 0 Å². The summed E-state index contributed by atoms with van der Waals surface area (Å²) in [5, 5.41) is 3.48. The molecule has 1 fully saturated rings. The lowest BCUT2D eigenvalue weighted by atomic mass is 10.0. The highest BCUT2D eigenvalue weighted by Crippen LogP contribution is 2.23. The van der Waals surface area contributed by atoms with Crippen LogP contribution < -0.4 is 5.32 Å². The molecule has 2 atom stereocenters. The molecular formula is C11H18N2O2S. The van der Waals surface area contributed by atoms with Gasteiger partial charge >= 0.3 is 0 Å². The van der Waals surface area contributed by atoms with Crippen molar-refractivity contribution in [2.45, 2.75) is 25.0 Å². The first-order chi connectivity index (χ1) is 7.76. The third-order valence-electron chi connectivity index (χ3n) is 3.11. The Hall–Kier alpha value is -0.490. The highest BCUT2D eigenvalue weighted by Gasteiger charge is 2.34. The molecule has 16 heavy (non-hydrogen) atoms. The molecule has 1 aliphatic rings. The van der Waals surface area contributed by atoms with Gasteiger partial charge in [0, 0.05) is 43.8 Å². The Bertz CT molecular complexity index is 310. The van der Waals surface area contributed by atoms with Crippen LogP contribution in [-0.2, 0) is 9.47 Å². The average Bonchev–Trinajstić information content (AvgIpc) is 2.98. The van der Waals surface area contributed by atoms with Crippen LogP contribution >= 0.6 is 11.3 Å². The predicted molar refractivity (Wildman–Crippen MR) is 63.7 cm³/mol. The number of hydrogen-bond donors (Lipinski definition) is 1. The van der Waals surface area contributed by atoms with E-state index in [1.165, 1.54) is 4.88 Å². The second-order valence-corrected chi connectivity index (χ2v) is 5.11. The summed E-state index contributed by atoms with van der Waals surface area (Å²) < 4.78 is 11.0. The molecule has 0 saturated carbocycles. The van der Waals surface area contributed by atoms with Crippen molar-refractivity contribution < 1.29 is 9.47 Å². The fourth-order valence-electron chi connectivity index (χ4n) is 1.84. The Morgan fingerprint density at radius 2 is 2.62 bits per heavy atom. The zero-order chi connectivity index (χ0) is 11.4. The van der Waals surface area contributed by atoms with E-state index in [-0.39, 0.29) is 5.60 Å². The Morgan fingerprint density at radius 3 is 3.19 bits per heavy atom. The van der Waals surface area contributed by atoms with Crippen LogP contribution in [0.4, 0.5) is 0 Å². The van der Waals surface area contributed by atoms with Gasteiger partial charge in [0.05, 0.1) is 12.1 Å². The van der Waals surface area contributed by atoms with Gasteiger partial charge in [-0.25, -0.2) is 0 Å². The molecule has 1 aliphatic heterocycles. The number of thiazole rings is 1. The first-order valence-corrected chi connectivity index (χ1v) is 6.38. The van der Waals surface area contributed by atoms with E-state index in [0.717, 1.165) is 19.6 Å². The van der Waals surface area contributed by atoms with Crippen LogP contribution in [0.3, 0.4) is 0 Å². The fourth-order valence-corrected chi connectivity index (χ4v) is 2.49. The summed E-state index contributed by atoms with van der Waals surface area (Å²) in [4.78, 5) is 5.34. The molecule has 0 bridgehead atoms. The maximum absolute atomic E-state index is 5.57. The second kappa shape index (κ2) is 5.23. The minimum absolute atomic E-state index is 0.140. The highest BCUT2D eigenvalue weighted by molar-refractivity contribution is 7.09. The van der Waals surface area contributed by atoms with Gasteiger partial charge in [-0.2, -0.15) is 0 Å². The standard InChI is InChI=1S/C11H18N2O2S/c1-9(10-5-12-8-16-10)13-6-11(14-2)3-4-15-7-11/h5,8-9,13H,3-4,6-7H2,1-2H3. The van der Waals surface area contributed by atoms with Crippen molar-refractivity contribution in [3.05, 3.63) is 16.6 Å². The molecule has 1 aromatic heterocycles. The van der Waals surface area contributed by atoms with Gasteiger partial charge < -0.3 is 14.8 Å². The first kappa shape index (κ1) is 12.0. The number of aromatic nitrogens is 1. The summed E-state index contributed by atoms with van der Waals surface area (Å²) in [5.41, 5.74) is 1.72.